The number of nitrogens with one attached hydrogen (secondary N) is 1. The Kier molecular flexibility index (Phi) is 8.70. The highest BCUT2D eigenvalue weighted by Crippen LogP contribution is 2.07. The zero-order chi connectivity index (χ0) is 15.1. The summed E-state index contributed by atoms with van der Waals surface area (Å²) in [6.07, 6.45) is 2.51. The topological polar surface area (TPSA) is 30.9 Å². The first-order valence-electron chi connectivity index (χ1n) is 7.57. The van der Waals surface area contributed by atoms with Gasteiger partial charge in [-0.25, -0.2) is 4.39 Å². The van der Waals surface area contributed by atoms with Crippen molar-refractivity contribution >= 4 is 29.9 Å². The van der Waals surface area contributed by atoms with Crippen LogP contribution in [-0.4, -0.2) is 56.0 Å². The van der Waals surface area contributed by atoms with Crippen LogP contribution in [-0.2, 0) is 6.54 Å². The lowest BCUT2D eigenvalue weighted by Crippen LogP contribution is -2.42. The quantitative estimate of drug-likeness (QED) is 0.452. The van der Waals surface area contributed by atoms with E-state index in [-0.39, 0.29) is 29.8 Å². The van der Waals surface area contributed by atoms with Crippen molar-refractivity contribution < 1.29 is 4.39 Å². The number of likely N-dealkylation sites (N-methyl/N-ethyl adjacent to an activating group) is 1. The second-order valence-electron chi connectivity index (χ2n) is 5.53. The Labute approximate surface area is 149 Å². The molecule has 1 aliphatic rings. The molecule has 4 nitrogen and oxygen atoms in total. The number of benzene rings is 1. The fourth-order valence-electron chi connectivity index (χ4n) is 2.60. The standard InChI is InChI=1S/C16H25FN4.HI/c1-18-16(21-10-3-4-11-21)19-9-12-20(2)13-14-5-7-15(17)8-6-14;/h5-8H,3-4,9-13H2,1-2H3,(H,18,19);1H. The Hall–Kier alpha value is -0.890. The average Bonchev–Trinajstić information content (AvgIpc) is 3.00. The first kappa shape index (κ1) is 19.2. The minimum absolute atomic E-state index is 0. The third-order valence-corrected chi connectivity index (χ3v) is 3.76. The van der Waals surface area contributed by atoms with Crippen molar-refractivity contribution in [3.8, 4) is 0 Å². The number of hydrogen-bond donors (Lipinski definition) is 1. The van der Waals surface area contributed by atoms with E-state index in [2.05, 4.69) is 27.2 Å². The van der Waals surface area contributed by atoms with Gasteiger partial charge in [-0.1, -0.05) is 12.1 Å². The highest BCUT2D eigenvalue weighted by molar-refractivity contribution is 14.0. The van der Waals surface area contributed by atoms with E-state index in [0.29, 0.717) is 0 Å². The summed E-state index contributed by atoms with van der Waals surface area (Å²) in [7, 11) is 3.91. The molecule has 124 valence electrons. The van der Waals surface area contributed by atoms with Gasteiger partial charge in [-0.05, 0) is 37.6 Å². The first-order chi connectivity index (χ1) is 10.2. The maximum atomic E-state index is 12.9. The van der Waals surface area contributed by atoms with Gasteiger partial charge in [0.2, 0.25) is 0 Å². The minimum atomic E-state index is -0.183. The molecule has 6 heteroatoms. The SMILES string of the molecule is CN=C(NCCN(C)Cc1ccc(F)cc1)N1CCCC1.I. The van der Waals surface area contributed by atoms with Crippen LogP contribution in [0.5, 0.6) is 0 Å². The monoisotopic (exact) mass is 420 g/mol. The summed E-state index contributed by atoms with van der Waals surface area (Å²) in [5, 5.41) is 3.41. The van der Waals surface area contributed by atoms with E-state index in [9.17, 15) is 4.39 Å². The summed E-state index contributed by atoms with van der Waals surface area (Å²) >= 11 is 0. The van der Waals surface area contributed by atoms with E-state index in [1.165, 1.54) is 25.0 Å². The predicted octanol–water partition coefficient (Wildman–Crippen LogP) is 2.55. The van der Waals surface area contributed by atoms with Crippen molar-refractivity contribution in [2.45, 2.75) is 19.4 Å². The van der Waals surface area contributed by atoms with E-state index >= 15 is 0 Å². The van der Waals surface area contributed by atoms with E-state index in [0.717, 1.165) is 44.2 Å². The van der Waals surface area contributed by atoms with Gasteiger partial charge in [0.25, 0.3) is 0 Å². The van der Waals surface area contributed by atoms with Crippen molar-refractivity contribution in [1.29, 1.82) is 0 Å². The van der Waals surface area contributed by atoms with E-state index in [1.54, 1.807) is 0 Å². The molecule has 1 fully saturated rings. The lowest BCUT2D eigenvalue weighted by Gasteiger charge is -2.23. The van der Waals surface area contributed by atoms with Gasteiger partial charge in [0, 0.05) is 39.8 Å². The van der Waals surface area contributed by atoms with Gasteiger partial charge in [-0.15, -0.1) is 24.0 Å². The molecule has 1 heterocycles. The molecular formula is C16H26FIN4. The van der Waals surface area contributed by atoms with Gasteiger partial charge < -0.3 is 15.1 Å². The van der Waals surface area contributed by atoms with E-state index < -0.39 is 0 Å². The molecule has 0 aliphatic carbocycles. The summed E-state index contributed by atoms with van der Waals surface area (Å²) in [6, 6.07) is 6.69. The second-order valence-corrected chi connectivity index (χ2v) is 5.53. The van der Waals surface area contributed by atoms with E-state index in [1.807, 2.05) is 19.2 Å². The highest BCUT2D eigenvalue weighted by atomic mass is 127. The molecule has 1 saturated heterocycles. The molecule has 0 bridgehead atoms. The molecule has 2 rings (SSSR count). The Morgan fingerprint density at radius 2 is 1.91 bits per heavy atom. The van der Waals surface area contributed by atoms with Crippen LogP contribution in [0.4, 0.5) is 4.39 Å². The smallest absolute Gasteiger partial charge is 0.193 e. The molecule has 0 spiro atoms. The fourth-order valence-corrected chi connectivity index (χ4v) is 2.60. The highest BCUT2D eigenvalue weighted by Gasteiger charge is 2.15. The molecule has 22 heavy (non-hydrogen) atoms. The number of hydrogen-bond acceptors (Lipinski definition) is 2. The number of rotatable bonds is 5. The van der Waals surface area contributed by atoms with Crippen LogP contribution in [0.3, 0.4) is 0 Å². The van der Waals surface area contributed by atoms with Crippen LogP contribution in [0.2, 0.25) is 0 Å². The lowest BCUT2D eigenvalue weighted by atomic mass is 10.2. The zero-order valence-electron chi connectivity index (χ0n) is 13.4. The summed E-state index contributed by atoms with van der Waals surface area (Å²) in [5.41, 5.74) is 1.13. The summed E-state index contributed by atoms with van der Waals surface area (Å²) in [4.78, 5) is 8.86. The maximum Gasteiger partial charge on any atom is 0.193 e. The first-order valence-corrected chi connectivity index (χ1v) is 7.57. The third kappa shape index (κ3) is 6.08. The molecular weight excluding hydrogens is 394 g/mol. The number of aliphatic imine (C=N–C) groups is 1. The van der Waals surface area contributed by atoms with Crippen LogP contribution < -0.4 is 5.32 Å². The Morgan fingerprint density at radius 3 is 2.50 bits per heavy atom. The molecule has 0 atom stereocenters. The van der Waals surface area contributed by atoms with E-state index in [4.69, 9.17) is 0 Å². The Bertz CT molecular complexity index is 458. The van der Waals surface area contributed by atoms with Crippen molar-refractivity contribution in [2.75, 3.05) is 40.3 Å². The van der Waals surface area contributed by atoms with Crippen molar-refractivity contribution in [3.63, 3.8) is 0 Å². The van der Waals surface area contributed by atoms with Gasteiger partial charge >= 0.3 is 0 Å². The van der Waals surface area contributed by atoms with Crippen LogP contribution in [0.1, 0.15) is 18.4 Å². The molecule has 0 radical (unpaired) electrons. The van der Waals surface area contributed by atoms with Crippen LogP contribution >= 0.6 is 24.0 Å². The summed E-state index contributed by atoms with van der Waals surface area (Å²) in [6.45, 7) is 4.81. The molecule has 0 unspecified atom stereocenters. The van der Waals surface area contributed by atoms with Crippen molar-refractivity contribution in [3.05, 3.63) is 35.6 Å². The molecule has 0 amide bonds. The number of likely N-dealkylation sites (tertiary alicyclic amines) is 1. The summed E-state index contributed by atoms with van der Waals surface area (Å²) in [5.74, 6) is 0.820. The lowest BCUT2D eigenvalue weighted by molar-refractivity contribution is 0.329. The maximum absolute atomic E-state index is 12.9. The molecule has 1 aromatic carbocycles. The van der Waals surface area contributed by atoms with Crippen LogP contribution in [0.15, 0.2) is 29.3 Å². The number of nitrogens with zero attached hydrogens (tertiary/aromatic N) is 3. The largest absolute Gasteiger partial charge is 0.355 e. The zero-order valence-corrected chi connectivity index (χ0v) is 15.7. The third-order valence-electron chi connectivity index (χ3n) is 3.76. The van der Waals surface area contributed by atoms with Gasteiger partial charge in [0.1, 0.15) is 5.82 Å². The second kappa shape index (κ2) is 9.99. The predicted molar refractivity (Wildman–Crippen MR) is 100 cm³/mol. The molecule has 1 N–H and O–H groups in total. The van der Waals surface area contributed by atoms with Crippen molar-refractivity contribution in [2.24, 2.45) is 4.99 Å². The Morgan fingerprint density at radius 1 is 1.27 bits per heavy atom. The molecule has 1 aromatic rings. The Balaban J connectivity index is 0.00000242. The minimum Gasteiger partial charge on any atom is -0.355 e. The van der Waals surface area contributed by atoms with Crippen LogP contribution in [0.25, 0.3) is 0 Å². The molecule has 1 aliphatic heterocycles. The summed E-state index contributed by atoms with van der Waals surface area (Å²) < 4.78 is 12.9. The van der Waals surface area contributed by atoms with Gasteiger partial charge in [0.15, 0.2) is 5.96 Å². The fraction of sp³-hybridized carbons (Fsp3) is 0.562. The number of guanidine groups is 1. The average molecular weight is 420 g/mol. The molecule has 0 aromatic heterocycles. The normalized spacial score (nSPS) is 15.1. The van der Waals surface area contributed by atoms with Gasteiger partial charge in [-0.2, -0.15) is 0 Å². The van der Waals surface area contributed by atoms with Gasteiger partial charge in [-0.3, -0.25) is 4.99 Å². The van der Waals surface area contributed by atoms with Gasteiger partial charge in [0.05, 0.1) is 0 Å². The molecule has 0 saturated carbocycles. The van der Waals surface area contributed by atoms with Crippen LogP contribution in [0, 0.1) is 5.82 Å². The number of halogens is 2. The van der Waals surface area contributed by atoms with Crippen molar-refractivity contribution in [1.82, 2.24) is 15.1 Å².